The van der Waals surface area contributed by atoms with Gasteiger partial charge in [0, 0.05) is 17.5 Å². The first-order valence-electron chi connectivity index (χ1n) is 7.55. The molecule has 0 atom stereocenters. The van der Waals surface area contributed by atoms with Crippen LogP contribution in [-0.2, 0) is 4.74 Å². The molecule has 0 fully saturated rings. The zero-order chi connectivity index (χ0) is 16.2. The number of esters is 1. The van der Waals surface area contributed by atoms with Gasteiger partial charge in [-0.15, -0.1) is 0 Å². The molecule has 0 aliphatic heterocycles. The SMILES string of the molecule is CN(C)CCOC(=O)c1cccc2cc(-c3ccccc3)oc12. The highest BCUT2D eigenvalue weighted by Gasteiger charge is 2.16. The molecule has 0 radical (unpaired) electrons. The Morgan fingerprint density at radius 1 is 1.09 bits per heavy atom. The highest BCUT2D eigenvalue weighted by atomic mass is 16.5. The maximum absolute atomic E-state index is 12.3. The van der Waals surface area contributed by atoms with Crippen molar-refractivity contribution in [2.75, 3.05) is 27.2 Å². The van der Waals surface area contributed by atoms with Crippen molar-refractivity contribution in [2.45, 2.75) is 0 Å². The van der Waals surface area contributed by atoms with Crippen LogP contribution in [0.25, 0.3) is 22.3 Å². The van der Waals surface area contributed by atoms with Gasteiger partial charge in [-0.3, -0.25) is 0 Å². The van der Waals surface area contributed by atoms with Gasteiger partial charge in [-0.1, -0.05) is 42.5 Å². The van der Waals surface area contributed by atoms with Gasteiger partial charge in [0.25, 0.3) is 0 Å². The molecule has 0 N–H and O–H groups in total. The van der Waals surface area contributed by atoms with E-state index in [4.69, 9.17) is 9.15 Å². The number of likely N-dealkylation sites (N-methyl/N-ethyl adjacent to an activating group) is 1. The molecule has 1 aromatic heterocycles. The molecule has 4 nitrogen and oxygen atoms in total. The second-order valence-electron chi connectivity index (χ2n) is 5.64. The lowest BCUT2D eigenvalue weighted by Gasteiger charge is -2.09. The number of furan rings is 1. The van der Waals surface area contributed by atoms with Crippen LogP contribution in [0, 0.1) is 0 Å². The summed E-state index contributed by atoms with van der Waals surface area (Å²) in [6, 6.07) is 17.3. The van der Waals surface area contributed by atoms with Crippen LogP contribution in [-0.4, -0.2) is 38.1 Å². The van der Waals surface area contributed by atoms with Crippen LogP contribution < -0.4 is 0 Å². The molecule has 0 aliphatic carbocycles. The predicted molar refractivity (Wildman–Crippen MR) is 90.5 cm³/mol. The molecule has 0 bridgehead atoms. The minimum Gasteiger partial charge on any atom is -0.461 e. The monoisotopic (exact) mass is 309 g/mol. The maximum atomic E-state index is 12.3. The number of benzene rings is 2. The quantitative estimate of drug-likeness (QED) is 0.672. The molecule has 0 saturated heterocycles. The molecule has 2 aromatic carbocycles. The van der Waals surface area contributed by atoms with Crippen molar-refractivity contribution in [3.8, 4) is 11.3 Å². The number of para-hydroxylation sites is 1. The van der Waals surface area contributed by atoms with Gasteiger partial charge in [-0.2, -0.15) is 0 Å². The molecule has 0 unspecified atom stereocenters. The normalized spacial score (nSPS) is 11.1. The lowest BCUT2D eigenvalue weighted by Crippen LogP contribution is -2.20. The van der Waals surface area contributed by atoms with Crippen LogP contribution in [0.5, 0.6) is 0 Å². The van der Waals surface area contributed by atoms with Gasteiger partial charge in [0.05, 0.1) is 0 Å². The van der Waals surface area contributed by atoms with E-state index >= 15 is 0 Å². The van der Waals surface area contributed by atoms with Gasteiger partial charge in [0.15, 0.2) is 0 Å². The van der Waals surface area contributed by atoms with Crippen LogP contribution in [0.4, 0.5) is 0 Å². The molecule has 0 aliphatic rings. The number of hydrogen-bond donors (Lipinski definition) is 0. The molecular formula is C19H19NO3. The van der Waals surface area contributed by atoms with Crippen LogP contribution in [0.15, 0.2) is 59.0 Å². The summed E-state index contributed by atoms with van der Waals surface area (Å²) in [4.78, 5) is 14.3. The third-order valence-corrected chi connectivity index (χ3v) is 3.59. The summed E-state index contributed by atoms with van der Waals surface area (Å²) in [7, 11) is 3.88. The van der Waals surface area contributed by atoms with E-state index in [2.05, 4.69) is 0 Å². The molecule has 3 rings (SSSR count). The van der Waals surface area contributed by atoms with Crippen LogP contribution in [0.2, 0.25) is 0 Å². The van der Waals surface area contributed by atoms with Gasteiger partial charge in [0.1, 0.15) is 23.5 Å². The summed E-state index contributed by atoms with van der Waals surface area (Å²) >= 11 is 0. The minimum absolute atomic E-state index is 0.355. The summed E-state index contributed by atoms with van der Waals surface area (Å²) in [5.74, 6) is 0.389. The van der Waals surface area contributed by atoms with Crippen molar-refractivity contribution >= 4 is 16.9 Å². The Labute approximate surface area is 135 Å². The molecule has 23 heavy (non-hydrogen) atoms. The molecular weight excluding hydrogens is 290 g/mol. The van der Waals surface area contributed by atoms with E-state index in [0.29, 0.717) is 24.3 Å². The molecule has 3 aromatic rings. The molecule has 0 spiro atoms. The number of carbonyl (C=O) groups is 1. The lowest BCUT2D eigenvalue weighted by molar-refractivity contribution is 0.0483. The molecule has 1 heterocycles. The number of ether oxygens (including phenoxy) is 1. The van der Waals surface area contributed by atoms with E-state index in [1.54, 1.807) is 6.07 Å². The lowest BCUT2D eigenvalue weighted by atomic mass is 10.1. The molecule has 118 valence electrons. The highest BCUT2D eigenvalue weighted by molar-refractivity contribution is 6.03. The third-order valence-electron chi connectivity index (χ3n) is 3.59. The number of nitrogens with zero attached hydrogens (tertiary/aromatic N) is 1. The Hall–Kier alpha value is -2.59. The summed E-state index contributed by atoms with van der Waals surface area (Å²) in [5.41, 5.74) is 2.01. The van der Waals surface area contributed by atoms with E-state index in [1.165, 1.54) is 0 Å². The van der Waals surface area contributed by atoms with Crippen LogP contribution >= 0.6 is 0 Å². The first kappa shape index (κ1) is 15.3. The topological polar surface area (TPSA) is 42.7 Å². The van der Waals surface area contributed by atoms with Crippen molar-refractivity contribution in [1.29, 1.82) is 0 Å². The van der Waals surface area contributed by atoms with Crippen LogP contribution in [0.1, 0.15) is 10.4 Å². The Kier molecular flexibility index (Phi) is 4.44. The minimum atomic E-state index is -0.355. The summed E-state index contributed by atoms with van der Waals surface area (Å²) in [6.45, 7) is 1.05. The van der Waals surface area contributed by atoms with E-state index < -0.39 is 0 Å². The summed E-state index contributed by atoms with van der Waals surface area (Å²) in [6.07, 6.45) is 0. The van der Waals surface area contributed by atoms with Gasteiger partial charge in [-0.05, 0) is 26.2 Å². The second-order valence-corrected chi connectivity index (χ2v) is 5.64. The van der Waals surface area contributed by atoms with E-state index in [-0.39, 0.29) is 5.97 Å². The van der Waals surface area contributed by atoms with Crippen molar-refractivity contribution in [3.05, 3.63) is 60.2 Å². The van der Waals surface area contributed by atoms with Gasteiger partial charge in [0.2, 0.25) is 0 Å². The van der Waals surface area contributed by atoms with E-state index in [1.807, 2.05) is 67.5 Å². The average Bonchev–Trinajstić information content (AvgIpc) is 2.99. The Morgan fingerprint density at radius 2 is 1.87 bits per heavy atom. The zero-order valence-corrected chi connectivity index (χ0v) is 13.3. The van der Waals surface area contributed by atoms with Crippen molar-refractivity contribution in [3.63, 3.8) is 0 Å². The number of rotatable bonds is 5. The highest BCUT2D eigenvalue weighted by Crippen LogP contribution is 2.30. The molecule has 0 amide bonds. The Bertz CT molecular complexity index is 806. The largest absolute Gasteiger partial charge is 0.461 e. The van der Waals surface area contributed by atoms with Gasteiger partial charge < -0.3 is 14.1 Å². The Morgan fingerprint density at radius 3 is 2.61 bits per heavy atom. The standard InChI is InChI=1S/C19H19NO3/c1-20(2)11-12-22-19(21)16-10-6-9-15-13-17(23-18(15)16)14-7-4-3-5-8-14/h3-10,13H,11-12H2,1-2H3. The van der Waals surface area contributed by atoms with E-state index in [0.717, 1.165) is 16.7 Å². The fourth-order valence-electron chi connectivity index (χ4n) is 2.37. The fourth-order valence-corrected chi connectivity index (χ4v) is 2.37. The van der Waals surface area contributed by atoms with Crippen molar-refractivity contribution in [2.24, 2.45) is 0 Å². The second kappa shape index (κ2) is 6.67. The average molecular weight is 309 g/mol. The molecule has 0 saturated carbocycles. The summed E-state index contributed by atoms with van der Waals surface area (Å²) < 4.78 is 11.2. The fraction of sp³-hybridized carbons (Fsp3) is 0.211. The van der Waals surface area contributed by atoms with Gasteiger partial charge >= 0.3 is 5.97 Å². The zero-order valence-electron chi connectivity index (χ0n) is 13.3. The number of fused-ring (bicyclic) bond motifs is 1. The van der Waals surface area contributed by atoms with Gasteiger partial charge in [-0.25, -0.2) is 4.79 Å². The predicted octanol–water partition coefficient (Wildman–Crippen LogP) is 3.82. The third kappa shape index (κ3) is 3.43. The Balaban J connectivity index is 1.89. The maximum Gasteiger partial charge on any atom is 0.342 e. The van der Waals surface area contributed by atoms with Crippen molar-refractivity contribution < 1.29 is 13.9 Å². The first-order valence-corrected chi connectivity index (χ1v) is 7.55. The van der Waals surface area contributed by atoms with Crippen molar-refractivity contribution in [1.82, 2.24) is 4.90 Å². The van der Waals surface area contributed by atoms with E-state index in [9.17, 15) is 4.79 Å². The smallest absolute Gasteiger partial charge is 0.342 e. The number of carbonyl (C=O) groups excluding carboxylic acids is 1. The summed E-state index contributed by atoms with van der Waals surface area (Å²) in [5, 5.41) is 0.894. The number of hydrogen-bond acceptors (Lipinski definition) is 4. The molecule has 4 heteroatoms. The first-order chi connectivity index (χ1) is 11.1. The van der Waals surface area contributed by atoms with Crippen LogP contribution in [0.3, 0.4) is 0 Å².